The summed E-state index contributed by atoms with van der Waals surface area (Å²) in [6.07, 6.45) is -5.53. The highest BCUT2D eigenvalue weighted by Gasteiger charge is 2.51. The van der Waals surface area contributed by atoms with Crippen molar-refractivity contribution in [3.8, 4) is 0 Å². The van der Waals surface area contributed by atoms with Gasteiger partial charge < -0.3 is 39.4 Å². The van der Waals surface area contributed by atoms with Crippen molar-refractivity contribution in [2.75, 3.05) is 6.61 Å². The molecule has 0 fully saturated rings. The van der Waals surface area contributed by atoms with Crippen LogP contribution in [0.15, 0.2) is 34.1 Å². The van der Waals surface area contributed by atoms with Gasteiger partial charge in [0.1, 0.15) is 6.10 Å². The topological polar surface area (TPSA) is 169 Å². The Morgan fingerprint density at radius 1 is 0.974 bits per heavy atom. The number of hydrogen-bond acceptors (Lipinski definition) is 11. The molecule has 0 radical (unpaired) electrons. The first-order valence-electron chi connectivity index (χ1n) is 13.0. The lowest BCUT2D eigenvalue weighted by Crippen LogP contribution is -2.49. The second kappa shape index (κ2) is 13.2. The number of aliphatic hydroxyl groups is 4. The third kappa shape index (κ3) is 7.76. The van der Waals surface area contributed by atoms with Crippen LogP contribution in [0.2, 0.25) is 0 Å². The van der Waals surface area contributed by atoms with E-state index in [4.69, 9.17) is 18.9 Å². The molecule has 2 aliphatic rings. The summed E-state index contributed by atoms with van der Waals surface area (Å²) in [6.45, 7) is 11.4. The van der Waals surface area contributed by atoms with E-state index in [0.29, 0.717) is 11.1 Å². The Bertz CT molecular complexity index is 1040. The molecule has 0 aromatic heterocycles. The number of ether oxygens (including phenoxy) is 4. The SMILES string of the molecule is CC(=O)OC1=C(C)C(O)CC(O)C(CO)=CC(OC(C)O)C2CC(OC(C)=O)C(C)=C(C1OC(C)=O)C2(C)C. The van der Waals surface area contributed by atoms with Gasteiger partial charge in [-0.15, -0.1) is 0 Å². The lowest BCUT2D eigenvalue weighted by atomic mass is 9.60. The molecule has 2 aliphatic carbocycles. The zero-order valence-electron chi connectivity index (χ0n) is 23.9. The van der Waals surface area contributed by atoms with Crippen molar-refractivity contribution in [3.63, 3.8) is 0 Å². The number of carbonyl (C=O) groups is 3. The van der Waals surface area contributed by atoms with Crippen LogP contribution >= 0.6 is 0 Å². The molecule has 0 aromatic rings. The number of fused-ring (bicyclic) bond motifs is 2. The smallest absolute Gasteiger partial charge is 0.307 e. The lowest BCUT2D eigenvalue weighted by molar-refractivity contribution is -0.158. The van der Waals surface area contributed by atoms with Crippen LogP contribution < -0.4 is 0 Å². The molecule has 0 saturated carbocycles. The summed E-state index contributed by atoms with van der Waals surface area (Å²) in [5.41, 5.74) is 0.364. The average Bonchev–Trinajstić information content (AvgIpc) is 2.79. The molecule has 7 atom stereocenters. The second-order valence-corrected chi connectivity index (χ2v) is 10.8. The van der Waals surface area contributed by atoms with Gasteiger partial charge in [0.2, 0.25) is 0 Å². The zero-order chi connectivity index (χ0) is 29.8. The van der Waals surface area contributed by atoms with Crippen LogP contribution in [0, 0.1) is 11.3 Å². The van der Waals surface area contributed by atoms with Gasteiger partial charge in [0, 0.05) is 33.1 Å². The molecule has 0 aromatic carbocycles. The van der Waals surface area contributed by atoms with E-state index < -0.39 is 72.7 Å². The number of esters is 3. The maximum absolute atomic E-state index is 12.4. The van der Waals surface area contributed by atoms with E-state index in [2.05, 4.69) is 0 Å². The van der Waals surface area contributed by atoms with Crippen molar-refractivity contribution in [1.29, 1.82) is 0 Å². The second-order valence-electron chi connectivity index (χ2n) is 10.8. The molecule has 11 nitrogen and oxygen atoms in total. The Kier molecular flexibility index (Phi) is 11.0. The normalized spacial score (nSPS) is 30.4. The summed E-state index contributed by atoms with van der Waals surface area (Å²) in [7, 11) is 0. The first-order chi connectivity index (χ1) is 18.0. The molecular weight excluding hydrogens is 512 g/mol. The Hall–Kier alpha value is -2.57. The van der Waals surface area contributed by atoms with Gasteiger partial charge in [-0.05, 0) is 54.9 Å². The molecule has 220 valence electrons. The molecule has 0 spiro atoms. The van der Waals surface area contributed by atoms with Crippen molar-refractivity contribution in [3.05, 3.63) is 34.1 Å². The lowest BCUT2D eigenvalue weighted by Gasteiger charge is -2.49. The molecule has 0 amide bonds. The van der Waals surface area contributed by atoms with Gasteiger partial charge in [-0.3, -0.25) is 14.4 Å². The van der Waals surface area contributed by atoms with Crippen LogP contribution in [0.4, 0.5) is 0 Å². The Morgan fingerprint density at radius 3 is 2.05 bits per heavy atom. The highest BCUT2D eigenvalue weighted by molar-refractivity contribution is 5.70. The third-order valence-corrected chi connectivity index (χ3v) is 7.42. The first-order valence-corrected chi connectivity index (χ1v) is 13.0. The molecule has 4 N–H and O–H groups in total. The van der Waals surface area contributed by atoms with Gasteiger partial charge in [0.15, 0.2) is 18.2 Å². The third-order valence-electron chi connectivity index (χ3n) is 7.42. The predicted molar refractivity (Wildman–Crippen MR) is 139 cm³/mol. The summed E-state index contributed by atoms with van der Waals surface area (Å²) >= 11 is 0. The Balaban J connectivity index is 3.04. The minimum absolute atomic E-state index is 0.132. The van der Waals surface area contributed by atoms with Crippen molar-refractivity contribution >= 4 is 17.9 Å². The standard InChI is InChI=1S/C28H42O11/c1-13-21(34)11-22(35)19(12-29)9-24(37-16(4)31)20-10-23(36-15(3)30)14(2)25(28(20,7)8)27(39-18(6)33)26(13)38-17(5)32/h9,16,20-24,27,29,31,34-35H,10-12H2,1-8H3. The van der Waals surface area contributed by atoms with E-state index in [0.717, 1.165) is 0 Å². The van der Waals surface area contributed by atoms with E-state index in [9.17, 15) is 34.8 Å². The maximum Gasteiger partial charge on any atom is 0.307 e. The molecule has 2 bridgehead atoms. The number of aliphatic hydroxyl groups excluding tert-OH is 4. The van der Waals surface area contributed by atoms with Gasteiger partial charge >= 0.3 is 17.9 Å². The van der Waals surface area contributed by atoms with Crippen LogP contribution in [0.1, 0.15) is 68.2 Å². The summed E-state index contributed by atoms with van der Waals surface area (Å²) in [5.74, 6) is -2.68. The van der Waals surface area contributed by atoms with Gasteiger partial charge in [0.25, 0.3) is 0 Å². The quantitative estimate of drug-likeness (QED) is 0.163. The zero-order valence-corrected chi connectivity index (χ0v) is 23.9. The molecular formula is C28H42O11. The molecule has 11 heteroatoms. The molecule has 2 rings (SSSR count). The molecule has 0 heterocycles. The number of rotatable bonds is 6. The van der Waals surface area contributed by atoms with Crippen LogP contribution in [0.5, 0.6) is 0 Å². The van der Waals surface area contributed by atoms with Gasteiger partial charge in [-0.25, -0.2) is 0 Å². The van der Waals surface area contributed by atoms with E-state index in [1.165, 1.54) is 40.7 Å². The number of carbonyl (C=O) groups excluding carboxylic acids is 3. The first kappa shape index (κ1) is 32.6. The minimum Gasteiger partial charge on any atom is -0.458 e. The largest absolute Gasteiger partial charge is 0.458 e. The minimum atomic E-state index is -1.37. The molecule has 0 aliphatic heterocycles. The van der Waals surface area contributed by atoms with Gasteiger partial charge in [-0.1, -0.05) is 19.9 Å². The summed E-state index contributed by atoms with van der Waals surface area (Å²) in [5, 5.41) is 42.3. The van der Waals surface area contributed by atoms with Crippen LogP contribution in [0.3, 0.4) is 0 Å². The van der Waals surface area contributed by atoms with Crippen molar-refractivity contribution < 1.29 is 53.8 Å². The monoisotopic (exact) mass is 554 g/mol. The highest BCUT2D eigenvalue weighted by atomic mass is 16.6. The molecule has 7 unspecified atom stereocenters. The van der Waals surface area contributed by atoms with Crippen molar-refractivity contribution in [1.82, 2.24) is 0 Å². The highest BCUT2D eigenvalue weighted by Crippen LogP contribution is 2.51. The number of hydrogen-bond donors (Lipinski definition) is 4. The fraction of sp³-hybridized carbons (Fsp3) is 0.679. The Labute approximate surface area is 229 Å². The van der Waals surface area contributed by atoms with E-state index in [1.54, 1.807) is 6.92 Å². The van der Waals surface area contributed by atoms with Crippen molar-refractivity contribution in [2.24, 2.45) is 11.3 Å². The van der Waals surface area contributed by atoms with E-state index >= 15 is 0 Å². The fourth-order valence-corrected chi connectivity index (χ4v) is 5.58. The predicted octanol–water partition coefficient (Wildman–Crippen LogP) is 1.82. The van der Waals surface area contributed by atoms with E-state index in [1.807, 2.05) is 13.8 Å². The van der Waals surface area contributed by atoms with Crippen LogP contribution in [0.25, 0.3) is 0 Å². The van der Waals surface area contributed by atoms with Gasteiger partial charge in [0.05, 0.1) is 24.9 Å². The summed E-state index contributed by atoms with van der Waals surface area (Å²) < 4.78 is 22.9. The van der Waals surface area contributed by atoms with Crippen LogP contribution in [-0.4, -0.2) is 81.8 Å². The summed E-state index contributed by atoms with van der Waals surface area (Å²) in [6, 6.07) is 0. The summed E-state index contributed by atoms with van der Waals surface area (Å²) in [4.78, 5) is 36.7. The Morgan fingerprint density at radius 2 is 1.56 bits per heavy atom. The fourth-order valence-electron chi connectivity index (χ4n) is 5.58. The van der Waals surface area contributed by atoms with Gasteiger partial charge in [-0.2, -0.15) is 0 Å². The van der Waals surface area contributed by atoms with Crippen molar-refractivity contribution in [2.45, 2.75) is 105 Å². The molecule has 0 saturated heterocycles. The van der Waals surface area contributed by atoms with E-state index in [-0.39, 0.29) is 29.7 Å². The van der Waals surface area contributed by atoms with Crippen LogP contribution in [-0.2, 0) is 33.3 Å². The maximum atomic E-state index is 12.4. The average molecular weight is 555 g/mol. The molecule has 39 heavy (non-hydrogen) atoms.